The number of hydrogen-bond acceptors (Lipinski definition) is 3. The fourth-order valence-corrected chi connectivity index (χ4v) is 2.87. The lowest BCUT2D eigenvalue weighted by Crippen LogP contribution is -2.44. The SMILES string of the molecule is C#CCc1ccc2c(c1)n(C)c(=O)n2C1CCC(=O)NC1=O. The monoisotopic (exact) mass is 297 g/mol. The van der Waals surface area contributed by atoms with Crippen molar-refractivity contribution >= 4 is 22.8 Å². The molecule has 22 heavy (non-hydrogen) atoms. The van der Waals surface area contributed by atoms with Gasteiger partial charge in [-0.3, -0.25) is 24.0 Å². The third kappa shape index (κ3) is 2.11. The highest BCUT2D eigenvalue weighted by Crippen LogP contribution is 2.23. The average Bonchev–Trinajstić information content (AvgIpc) is 2.72. The van der Waals surface area contributed by atoms with E-state index >= 15 is 0 Å². The van der Waals surface area contributed by atoms with E-state index in [0.29, 0.717) is 18.4 Å². The van der Waals surface area contributed by atoms with E-state index in [0.717, 1.165) is 11.1 Å². The van der Waals surface area contributed by atoms with Gasteiger partial charge in [-0.1, -0.05) is 6.07 Å². The molecule has 1 saturated heterocycles. The Morgan fingerprint density at radius 3 is 2.77 bits per heavy atom. The van der Waals surface area contributed by atoms with Crippen LogP contribution in [0, 0.1) is 12.3 Å². The average molecular weight is 297 g/mol. The highest BCUT2D eigenvalue weighted by atomic mass is 16.2. The number of aromatic nitrogens is 2. The second-order valence-corrected chi connectivity index (χ2v) is 5.38. The third-order valence-electron chi connectivity index (χ3n) is 3.98. The molecule has 0 radical (unpaired) electrons. The van der Waals surface area contributed by atoms with Crippen LogP contribution in [0.5, 0.6) is 0 Å². The molecule has 6 heteroatoms. The van der Waals surface area contributed by atoms with E-state index in [2.05, 4.69) is 11.2 Å². The summed E-state index contributed by atoms with van der Waals surface area (Å²) in [7, 11) is 1.66. The second kappa shape index (κ2) is 5.19. The van der Waals surface area contributed by atoms with Gasteiger partial charge in [-0.2, -0.15) is 0 Å². The predicted octanol–water partition coefficient (Wildman–Crippen LogP) is 0.493. The van der Waals surface area contributed by atoms with Crippen LogP contribution in [0.4, 0.5) is 0 Å². The zero-order valence-corrected chi connectivity index (χ0v) is 12.1. The van der Waals surface area contributed by atoms with E-state index in [1.165, 1.54) is 9.13 Å². The van der Waals surface area contributed by atoms with Gasteiger partial charge in [0, 0.05) is 19.9 Å². The van der Waals surface area contributed by atoms with Crippen LogP contribution in [-0.2, 0) is 23.1 Å². The van der Waals surface area contributed by atoms with Gasteiger partial charge in [-0.05, 0) is 24.1 Å². The first kappa shape index (κ1) is 14.1. The summed E-state index contributed by atoms with van der Waals surface area (Å²) in [6.45, 7) is 0. The van der Waals surface area contributed by atoms with Gasteiger partial charge in [0.25, 0.3) is 0 Å². The molecular formula is C16H15N3O3. The van der Waals surface area contributed by atoms with Gasteiger partial charge >= 0.3 is 5.69 Å². The summed E-state index contributed by atoms with van der Waals surface area (Å²) < 4.78 is 2.95. The molecule has 0 spiro atoms. The van der Waals surface area contributed by atoms with Crippen LogP contribution in [0.1, 0.15) is 24.4 Å². The first-order chi connectivity index (χ1) is 10.5. The molecule has 1 atom stereocenters. The van der Waals surface area contributed by atoms with E-state index < -0.39 is 11.9 Å². The number of piperidine rings is 1. The first-order valence-electron chi connectivity index (χ1n) is 7.00. The largest absolute Gasteiger partial charge is 0.329 e. The number of amides is 2. The Labute approximate surface area is 126 Å². The van der Waals surface area contributed by atoms with Crippen molar-refractivity contribution in [3.63, 3.8) is 0 Å². The van der Waals surface area contributed by atoms with Crippen molar-refractivity contribution in [1.82, 2.24) is 14.5 Å². The lowest BCUT2D eigenvalue weighted by molar-refractivity contribution is -0.135. The number of nitrogens with zero attached hydrogens (tertiary/aromatic N) is 2. The molecule has 1 unspecified atom stereocenters. The van der Waals surface area contributed by atoms with Crippen molar-refractivity contribution in [2.75, 3.05) is 0 Å². The quantitative estimate of drug-likeness (QED) is 0.648. The summed E-state index contributed by atoms with van der Waals surface area (Å²) in [4.78, 5) is 35.8. The molecule has 1 aliphatic heterocycles. The Balaban J connectivity index is 2.16. The van der Waals surface area contributed by atoms with E-state index in [4.69, 9.17) is 6.42 Å². The number of carbonyl (C=O) groups is 2. The molecule has 2 amide bonds. The van der Waals surface area contributed by atoms with Crippen LogP contribution in [0.25, 0.3) is 11.0 Å². The Morgan fingerprint density at radius 1 is 1.32 bits per heavy atom. The molecule has 112 valence electrons. The van der Waals surface area contributed by atoms with Gasteiger partial charge in [0.15, 0.2) is 0 Å². The zero-order chi connectivity index (χ0) is 15.9. The highest BCUT2D eigenvalue weighted by Gasteiger charge is 2.31. The highest BCUT2D eigenvalue weighted by molar-refractivity contribution is 6.00. The Morgan fingerprint density at radius 2 is 2.09 bits per heavy atom. The van der Waals surface area contributed by atoms with Crippen LogP contribution in [0.2, 0.25) is 0 Å². The Kier molecular flexibility index (Phi) is 3.33. The van der Waals surface area contributed by atoms with Crippen LogP contribution in [0.15, 0.2) is 23.0 Å². The summed E-state index contributed by atoms with van der Waals surface area (Å²) in [6.07, 6.45) is 6.36. The van der Waals surface area contributed by atoms with E-state index in [9.17, 15) is 14.4 Å². The number of benzene rings is 1. The van der Waals surface area contributed by atoms with Crippen LogP contribution in [0.3, 0.4) is 0 Å². The third-order valence-corrected chi connectivity index (χ3v) is 3.98. The van der Waals surface area contributed by atoms with Gasteiger partial charge in [-0.15, -0.1) is 12.3 Å². The molecule has 1 fully saturated rings. The molecular weight excluding hydrogens is 282 g/mol. The van der Waals surface area contributed by atoms with E-state index in [1.807, 2.05) is 12.1 Å². The molecule has 0 bridgehead atoms. The number of carbonyl (C=O) groups excluding carboxylic acids is 2. The van der Waals surface area contributed by atoms with E-state index in [1.54, 1.807) is 13.1 Å². The van der Waals surface area contributed by atoms with Crippen molar-refractivity contribution < 1.29 is 9.59 Å². The first-order valence-corrected chi connectivity index (χ1v) is 7.00. The van der Waals surface area contributed by atoms with Crippen molar-refractivity contribution in [2.24, 2.45) is 7.05 Å². The topological polar surface area (TPSA) is 73.1 Å². The minimum atomic E-state index is -0.660. The molecule has 1 aliphatic rings. The Hall–Kier alpha value is -2.81. The summed E-state index contributed by atoms with van der Waals surface area (Å²) in [5.41, 5.74) is 2.05. The second-order valence-electron chi connectivity index (χ2n) is 5.38. The number of nitrogens with one attached hydrogen (secondary N) is 1. The minimum Gasteiger partial charge on any atom is -0.295 e. The van der Waals surface area contributed by atoms with E-state index in [-0.39, 0.29) is 18.0 Å². The fraction of sp³-hybridized carbons (Fsp3) is 0.312. The summed E-state index contributed by atoms with van der Waals surface area (Å²) >= 11 is 0. The number of rotatable bonds is 2. The van der Waals surface area contributed by atoms with Crippen LogP contribution < -0.4 is 11.0 Å². The number of terminal acetylenes is 1. The van der Waals surface area contributed by atoms with Gasteiger partial charge in [-0.25, -0.2) is 4.79 Å². The zero-order valence-electron chi connectivity index (χ0n) is 12.1. The molecule has 2 aromatic rings. The number of aryl methyl sites for hydroxylation is 1. The number of fused-ring (bicyclic) bond motifs is 1. The van der Waals surface area contributed by atoms with Gasteiger partial charge in [0.1, 0.15) is 6.04 Å². The number of imide groups is 1. The predicted molar refractivity (Wildman–Crippen MR) is 81.1 cm³/mol. The fourth-order valence-electron chi connectivity index (χ4n) is 2.87. The Bertz CT molecular complexity index is 882. The van der Waals surface area contributed by atoms with Crippen LogP contribution >= 0.6 is 0 Å². The summed E-state index contributed by atoms with van der Waals surface area (Å²) in [6, 6.07) is 4.85. The van der Waals surface area contributed by atoms with Crippen molar-refractivity contribution in [1.29, 1.82) is 0 Å². The van der Waals surface area contributed by atoms with Gasteiger partial charge < -0.3 is 0 Å². The van der Waals surface area contributed by atoms with Gasteiger partial charge in [0.05, 0.1) is 11.0 Å². The maximum atomic E-state index is 12.5. The maximum absolute atomic E-state index is 12.5. The molecule has 0 aliphatic carbocycles. The minimum absolute atomic E-state index is 0.231. The number of hydrogen-bond donors (Lipinski definition) is 1. The smallest absolute Gasteiger partial charge is 0.295 e. The summed E-state index contributed by atoms with van der Waals surface area (Å²) in [5, 5.41) is 2.29. The normalized spacial score (nSPS) is 18.3. The lowest BCUT2D eigenvalue weighted by Gasteiger charge is -2.21. The maximum Gasteiger partial charge on any atom is 0.329 e. The molecule has 1 N–H and O–H groups in total. The molecule has 0 saturated carbocycles. The molecule has 1 aromatic carbocycles. The van der Waals surface area contributed by atoms with Crippen molar-refractivity contribution in [3.05, 3.63) is 34.2 Å². The number of imidazole rings is 1. The van der Waals surface area contributed by atoms with Crippen molar-refractivity contribution in [2.45, 2.75) is 25.3 Å². The molecule has 2 heterocycles. The molecule has 3 rings (SSSR count). The summed E-state index contributed by atoms with van der Waals surface area (Å²) in [5.74, 6) is 1.84. The van der Waals surface area contributed by atoms with Crippen molar-refractivity contribution in [3.8, 4) is 12.3 Å². The molecule has 6 nitrogen and oxygen atoms in total. The standard InChI is InChI=1S/C16H15N3O3/c1-3-4-10-5-6-11-13(9-10)18(2)16(22)19(11)12-7-8-14(20)17-15(12)21/h1,5-6,9,12H,4,7-8H2,2H3,(H,17,20,21). The lowest BCUT2D eigenvalue weighted by atomic mass is 10.1. The molecule has 1 aromatic heterocycles. The van der Waals surface area contributed by atoms with Crippen LogP contribution in [-0.4, -0.2) is 20.9 Å². The van der Waals surface area contributed by atoms with Gasteiger partial charge in [0.2, 0.25) is 11.8 Å².